The van der Waals surface area contributed by atoms with E-state index in [0.29, 0.717) is 0 Å². The van der Waals surface area contributed by atoms with Crippen LogP contribution in [0, 0.1) is 0 Å². The van der Waals surface area contributed by atoms with Crippen LogP contribution in [0.3, 0.4) is 0 Å². The number of hydrogen-bond acceptors (Lipinski definition) is 0. The molecule has 0 saturated heterocycles. The third-order valence-corrected chi connectivity index (χ3v) is 0.985. The quantitative estimate of drug-likeness (QED) is 0.532. The maximum Gasteiger partial charge on any atom is 0.0405 e. The van der Waals surface area contributed by atoms with Crippen molar-refractivity contribution in [1.82, 2.24) is 0 Å². The predicted octanol–water partition coefficient (Wildman–Crippen LogP) is 2.34. The van der Waals surface area contributed by atoms with Gasteiger partial charge in [-0.3, -0.25) is 0 Å². The van der Waals surface area contributed by atoms with E-state index in [4.69, 9.17) is 11.6 Å². The Balaban J connectivity index is 0.000000490. The average Bonchev–Trinajstić information content (AvgIpc) is 1.69. The minimum Gasteiger partial charge on any atom is -0.0843 e. The fraction of sp³-hybridized carbons (Fsp3) is 0. The van der Waals surface area contributed by atoms with Gasteiger partial charge in [-0.15, -0.1) is 0 Å². The molecular formula is C6H5ClCu. The molecule has 0 spiro atoms. The molecule has 0 aliphatic carbocycles. The first kappa shape index (κ1) is 8.03. The topological polar surface area (TPSA) is 0 Å². The molecule has 0 N–H and O–H groups in total. The van der Waals surface area contributed by atoms with Crippen LogP contribution in [0.25, 0.3) is 0 Å². The number of benzene rings is 1. The smallest absolute Gasteiger partial charge is 0.0405 e. The number of hydrogen-bond donors (Lipinski definition) is 0. The molecule has 47 valence electrons. The summed E-state index contributed by atoms with van der Waals surface area (Å²) < 4.78 is 0. The molecule has 0 fully saturated rings. The standard InChI is InChI=1S/C6H5Cl.Cu/c7-6-4-2-1-3-5-6;/h1-5H;. The third kappa shape index (κ3) is 2.37. The molecule has 1 rings (SSSR count). The summed E-state index contributed by atoms with van der Waals surface area (Å²) in [5.74, 6) is 0. The van der Waals surface area contributed by atoms with Crippen molar-refractivity contribution in [3.05, 3.63) is 35.4 Å². The fourth-order valence-corrected chi connectivity index (χ4v) is 0.560. The van der Waals surface area contributed by atoms with Gasteiger partial charge in [0.25, 0.3) is 0 Å². The van der Waals surface area contributed by atoms with E-state index in [-0.39, 0.29) is 17.1 Å². The monoisotopic (exact) mass is 175 g/mol. The van der Waals surface area contributed by atoms with Crippen molar-refractivity contribution in [1.29, 1.82) is 0 Å². The van der Waals surface area contributed by atoms with Crippen LogP contribution in [0.2, 0.25) is 5.02 Å². The van der Waals surface area contributed by atoms with Crippen LogP contribution >= 0.6 is 11.6 Å². The first-order valence-electron chi connectivity index (χ1n) is 2.10. The van der Waals surface area contributed by atoms with Crippen LogP contribution in [0.4, 0.5) is 0 Å². The Morgan fingerprint density at radius 1 is 1.00 bits per heavy atom. The Bertz CT molecular complexity index is 138. The molecule has 0 bridgehead atoms. The summed E-state index contributed by atoms with van der Waals surface area (Å²) in [6.07, 6.45) is 0. The minimum absolute atomic E-state index is 0. The molecule has 1 radical (unpaired) electrons. The minimum atomic E-state index is 0. The molecule has 1 aromatic carbocycles. The van der Waals surface area contributed by atoms with Crippen LogP contribution in [-0.2, 0) is 17.1 Å². The van der Waals surface area contributed by atoms with Gasteiger partial charge >= 0.3 is 0 Å². The van der Waals surface area contributed by atoms with Gasteiger partial charge in [0.1, 0.15) is 0 Å². The van der Waals surface area contributed by atoms with Crippen LogP contribution in [0.5, 0.6) is 0 Å². The Morgan fingerprint density at radius 2 is 1.50 bits per heavy atom. The molecule has 0 aliphatic rings. The van der Waals surface area contributed by atoms with Gasteiger partial charge in [-0.1, -0.05) is 29.8 Å². The van der Waals surface area contributed by atoms with Crippen LogP contribution in [0.15, 0.2) is 30.3 Å². The normalized spacial score (nSPS) is 7.62. The molecule has 8 heavy (non-hydrogen) atoms. The van der Waals surface area contributed by atoms with Gasteiger partial charge in [-0.2, -0.15) is 0 Å². The second kappa shape index (κ2) is 3.96. The Hall–Kier alpha value is 0.0295. The van der Waals surface area contributed by atoms with E-state index in [1.807, 2.05) is 30.3 Å². The van der Waals surface area contributed by atoms with Gasteiger partial charge in [-0.05, 0) is 12.1 Å². The summed E-state index contributed by atoms with van der Waals surface area (Å²) >= 11 is 5.54. The van der Waals surface area contributed by atoms with Crippen molar-refractivity contribution in [2.75, 3.05) is 0 Å². The fourth-order valence-electron chi connectivity index (χ4n) is 0.415. The molecule has 0 atom stereocenters. The molecule has 2 heteroatoms. The molecule has 0 heterocycles. The van der Waals surface area contributed by atoms with Crippen molar-refractivity contribution < 1.29 is 17.1 Å². The zero-order valence-corrected chi connectivity index (χ0v) is 5.76. The molecule has 0 amide bonds. The van der Waals surface area contributed by atoms with E-state index in [0.717, 1.165) is 5.02 Å². The van der Waals surface area contributed by atoms with Gasteiger partial charge in [0.2, 0.25) is 0 Å². The molecule has 0 unspecified atom stereocenters. The molecule has 0 saturated carbocycles. The second-order valence-electron chi connectivity index (χ2n) is 1.30. The summed E-state index contributed by atoms with van der Waals surface area (Å²) in [6, 6.07) is 9.44. The number of rotatable bonds is 0. The average molecular weight is 176 g/mol. The summed E-state index contributed by atoms with van der Waals surface area (Å²) in [7, 11) is 0. The van der Waals surface area contributed by atoms with Crippen molar-refractivity contribution in [2.45, 2.75) is 0 Å². The first-order chi connectivity index (χ1) is 3.39. The van der Waals surface area contributed by atoms with E-state index in [9.17, 15) is 0 Å². The Labute approximate surface area is 64.3 Å². The summed E-state index contributed by atoms with van der Waals surface area (Å²) in [5, 5.41) is 0.794. The van der Waals surface area contributed by atoms with E-state index < -0.39 is 0 Å². The van der Waals surface area contributed by atoms with E-state index >= 15 is 0 Å². The van der Waals surface area contributed by atoms with E-state index in [1.165, 1.54) is 0 Å². The molecule has 1 aromatic rings. The van der Waals surface area contributed by atoms with Gasteiger partial charge in [-0.25, -0.2) is 0 Å². The van der Waals surface area contributed by atoms with Gasteiger partial charge in [0.15, 0.2) is 0 Å². The van der Waals surface area contributed by atoms with Gasteiger partial charge < -0.3 is 0 Å². The zero-order chi connectivity index (χ0) is 5.11. The zero-order valence-electron chi connectivity index (χ0n) is 4.07. The van der Waals surface area contributed by atoms with Crippen molar-refractivity contribution in [2.24, 2.45) is 0 Å². The van der Waals surface area contributed by atoms with Crippen LogP contribution < -0.4 is 0 Å². The summed E-state index contributed by atoms with van der Waals surface area (Å²) in [5.41, 5.74) is 0. The number of halogens is 1. The summed E-state index contributed by atoms with van der Waals surface area (Å²) in [4.78, 5) is 0. The maximum absolute atomic E-state index is 5.54. The van der Waals surface area contributed by atoms with Gasteiger partial charge in [0.05, 0.1) is 0 Å². The molecule has 0 aromatic heterocycles. The van der Waals surface area contributed by atoms with E-state index in [1.54, 1.807) is 0 Å². The summed E-state index contributed by atoms with van der Waals surface area (Å²) in [6.45, 7) is 0. The third-order valence-electron chi connectivity index (χ3n) is 0.733. The van der Waals surface area contributed by atoms with Gasteiger partial charge in [0, 0.05) is 22.1 Å². The first-order valence-corrected chi connectivity index (χ1v) is 2.48. The van der Waals surface area contributed by atoms with Crippen molar-refractivity contribution in [3.63, 3.8) is 0 Å². The SMILES string of the molecule is Clc1ccccc1.[Cu]. The Kier molecular flexibility index (Phi) is 3.98. The molecule has 0 nitrogen and oxygen atoms in total. The van der Waals surface area contributed by atoms with Crippen LogP contribution in [0.1, 0.15) is 0 Å². The predicted molar refractivity (Wildman–Crippen MR) is 31.5 cm³/mol. The molecular weight excluding hydrogens is 171 g/mol. The van der Waals surface area contributed by atoms with E-state index in [2.05, 4.69) is 0 Å². The second-order valence-corrected chi connectivity index (χ2v) is 1.73. The van der Waals surface area contributed by atoms with Crippen molar-refractivity contribution in [3.8, 4) is 0 Å². The van der Waals surface area contributed by atoms with Crippen LogP contribution in [-0.4, -0.2) is 0 Å². The molecule has 0 aliphatic heterocycles. The van der Waals surface area contributed by atoms with Crippen molar-refractivity contribution >= 4 is 11.6 Å². The maximum atomic E-state index is 5.54. The largest absolute Gasteiger partial charge is 0.0843 e. The Morgan fingerprint density at radius 3 is 1.75 bits per heavy atom.